The molecule has 1 amide bonds. The Bertz CT molecular complexity index is 817. The molecule has 1 aliphatic carbocycles. The molecule has 0 unspecified atom stereocenters. The number of carbonyl (C=O) groups is 1. The average molecular weight is 420 g/mol. The molecule has 168 valence electrons. The van der Waals surface area contributed by atoms with Crippen LogP contribution in [0.25, 0.3) is 0 Å². The van der Waals surface area contributed by atoms with Crippen molar-refractivity contribution >= 4 is 17.4 Å². The molecule has 1 aliphatic heterocycles. The molecule has 2 fully saturated rings. The number of aromatic amines is 1. The molecule has 8 nitrogen and oxygen atoms in total. The van der Waals surface area contributed by atoms with E-state index in [9.17, 15) is 14.4 Å². The summed E-state index contributed by atoms with van der Waals surface area (Å²) in [6.07, 6.45) is 11.3. The zero-order valence-electron chi connectivity index (χ0n) is 18.3. The van der Waals surface area contributed by atoms with Crippen LogP contribution in [0.15, 0.2) is 9.59 Å². The fourth-order valence-electron chi connectivity index (χ4n) is 4.76. The van der Waals surface area contributed by atoms with E-state index in [2.05, 4.69) is 9.88 Å². The lowest BCUT2D eigenvalue weighted by Crippen LogP contribution is -2.49. The third kappa shape index (κ3) is 5.33. The predicted octanol–water partition coefficient (Wildman–Crippen LogP) is 2.46. The van der Waals surface area contributed by atoms with Gasteiger partial charge in [-0.1, -0.05) is 45.4 Å². The summed E-state index contributed by atoms with van der Waals surface area (Å²) in [5, 5.41) is 0. The molecule has 3 N–H and O–H groups in total. The number of aromatic nitrogens is 2. The number of likely N-dealkylation sites (tertiary alicyclic amines) is 1. The standard InChI is InChI=1S/C22H37N5O3/c1-2-3-15-26-20(23)19(21(29)24-22(26)30)27(17-11-7-8-12-17)18(28)16-25-13-9-5-4-6-10-14-25/h17H,2-16,23H2,1H3,(H,24,29,30). The van der Waals surface area contributed by atoms with Gasteiger partial charge < -0.3 is 10.6 Å². The fraction of sp³-hybridized carbons (Fsp3) is 0.773. The van der Waals surface area contributed by atoms with Crippen molar-refractivity contribution in [2.24, 2.45) is 0 Å². The van der Waals surface area contributed by atoms with Crippen molar-refractivity contribution in [1.29, 1.82) is 0 Å². The van der Waals surface area contributed by atoms with Gasteiger partial charge in [-0.15, -0.1) is 0 Å². The highest BCUT2D eigenvalue weighted by molar-refractivity contribution is 5.97. The van der Waals surface area contributed by atoms with Gasteiger partial charge in [0, 0.05) is 12.6 Å². The van der Waals surface area contributed by atoms with Gasteiger partial charge in [-0.25, -0.2) is 4.79 Å². The van der Waals surface area contributed by atoms with Gasteiger partial charge >= 0.3 is 5.69 Å². The van der Waals surface area contributed by atoms with Crippen LogP contribution in [0, 0.1) is 0 Å². The fourth-order valence-corrected chi connectivity index (χ4v) is 4.76. The first kappa shape index (κ1) is 22.6. The highest BCUT2D eigenvalue weighted by Gasteiger charge is 2.33. The van der Waals surface area contributed by atoms with E-state index in [4.69, 9.17) is 5.73 Å². The number of unbranched alkanes of at least 4 members (excludes halogenated alkanes) is 1. The monoisotopic (exact) mass is 419 g/mol. The van der Waals surface area contributed by atoms with Crippen LogP contribution in [0.1, 0.15) is 77.6 Å². The van der Waals surface area contributed by atoms with Gasteiger partial charge in [0.2, 0.25) is 5.91 Å². The summed E-state index contributed by atoms with van der Waals surface area (Å²) in [7, 11) is 0. The molecule has 0 radical (unpaired) electrons. The first-order chi connectivity index (χ1) is 14.5. The number of carbonyl (C=O) groups excluding carboxylic acids is 1. The van der Waals surface area contributed by atoms with E-state index in [0.29, 0.717) is 13.1 Å². The Labute approximate surface area is 178 Å². The second kappa shape index (κ2) is 10.8. The molecule has 8 heteroatoms. The highest BCUT2D eigenvalue weighted by atomic mass is 16.2. The van der Waals surface area contributed by atoms with Gasteiger partial charge in [0.25, 0.3) is 5.56 Å². The van der Waals surface area contributed by atoms with Gasteiger partial charge in [-0.05, 0) is 45.2 Å². The summed E-state index contributed by atoms with van der Waals surface area (Å²) in [6.45, 7) is 4.58. The van der Waals surface area contributed by atoms with E-state index in [-0.39, 0.29) is 23.5 Å². The number of nitrogens with one attached hydrogen (secondary N) is 1. The lowest BCUT2D eigenvalue weighted by atomic mass is 10.1. The summed E-state index contributed by atoms with van der Waals surface area (Å²) in [5.74, 6) is 0.0329. The van der Waals surface area contributed by atoms with Crippen molar-refractivity contribution in [3.63, 3.8) is 0 Å². The topological polar surface area (TPSA) is 104 Å². The molecule has 2 heterocycles. The van der Waals surface area contributed by atoms with Crippen molar-refractivity contribution < 1.29 is 4.79 Å². The average Bonchev–Trinajstić information content (AvgIpc) is 3.21. The molecule has 0 bridgehead atoms. The molecule has 1 saturated carbocycles. The minimum Gasteiger partial charge on any atom is -0.383 e. The first-order valence-electron chi connectivity index (χ1n) is 11.7. The number of nitrogen functional groups attached to an aromatic ring is 1. The Balaban J connectivity index is 1.92. The maximum atomic E-state index is 13.5. The number of nitrogens with zero attached hydrogens (tertiary/aromatic N) is 3. The second-order valence-electron chi connectivity index (χ2n) is 8.74. The number of anilines is 2. The Morgan fingerprint density at radius 2 is 1.70 bits per heavy atom. The Morgan fingerprint density at radius 1 is 1.07 bits per heavy atom. The molecule has 0 spiro atoms. The molecule has 30 heavy (non-hydrogen) atoms. The van der Waals surface area contributed by atoms with Gasteiger partial charge in [0.15, 0.2) is 5.69 Å². The van der Waals surface area contributed by atoms with Gasteiger partial charge in [-0.3, -0.25) is 24.0 Å². The largest absolute Gasteiger partial charge is 0.383 e. The van der Waals surface area contributed by atoms with E-state index in [0.717, 1.165) is 64.5 Å². The predicted molar refractivity (Wildman–Crippen MR) is 120 cm³/mol. The molecular formula is C22H37N5O3. The van der Waals surface area contributed by atoms with E-state index in [1.807, 2.05) is 6.92 Å². The van der Waals surface area contributed by atoms with Crippen LogP contribution in [0.3, 0.4) is 0 Å². The Morgan fingerprint density at radius 3 is 2.33 bits per heavy atom. The number of amides is 1. The molecular weight excluding hydrogens is 382 g/mol. The van der Waals surface area contributed by atoms with Crippen LogP contribution in [0.2, 0.25) is 0 Å². The Hall–Kier alpha value is -2.09. The first-order valence-corrected chi connectivity index (χ1v) is 11.7. The van der Waals surface area contributed by atoms with Crippen LogP contribution in [0.4, 0.5) is 11.5 Å². The highest BCUT2D eigenvalue weighted by Crippen LogP contribution is 2.29. The maximum Gasteiger partial charge on any atom is 0.330 e. The van der Waals surface area contributed by atoms with Crippen LogP contribution >= 0.6 is 0 Å². The lowest BCUT2D eigenvalue weighted by molar-refractivity contribution is -0.120. The van der Waals surface area contributed by atoms with Gasteiger partial charge in [0.1, 0.15) is 5.82 Å². The summed E-state index contributed by atoms with van der Waals surface area (Å²) in [5.41, 5.74) is 5.45. The molecule has 3 rings (SSSR count). The van der Waals surface area contributed by atoms with Crippen LogP contribution in [-0.2, 0) is 11.3 Å². The summed E-state index contributed by atoms with van der Waals surface area (Å²) >= 11 is 0. The summed E-state index contributed by atoms with van der Waals surface area (Å²) < 4.78 is 1.41. The molecule has 0 aromatic carbocycles. The third-order valence-corrected chi connectivity index (χ3v) is 6.46. The number of nitrogens with two attached hydrogens (primary N) is 1. The van der Waals surface area contributed by atoms with E-state index < -0.39 is 11.2 Å². The SMILES string of the molecule is CCCCn1c(N)c(N(C(=O)CN2CCCCCCC2)C2CCCC2)c(=O)[nH]c1=O. The zero-order chi connectivity index (χ0) is 21.5. The van der Waals surface area contributed by atoms with E-state index in [1.54, 1.807) is 4.90 Å². The van der Waals surface area contributed by atoms with Crippen LogP contribution < -0.4 is 21.9 Å². The quantitative estimate of drug-likeness (QED) is 0.706. The lowest BCUT2D eigenvalue weighted by Gasteiger charge is -2.32. The van der Waals surface area contributed by atoms with Crippen LogP contribution in [-0.4, -0.2) is 46.0 Å². The number of H-pyrrole nitrogens is 1. The number of rotatable bonds is 7. The molecule has 2 aliphatic rings. The minimum absolute atomic E-state index is 0.0345. The van der Waals surface area contributed by atoms with Crippen molar-refractivity contribution in [2.45, 2.75) is 90.1 Å². The van der Waals surface area contributed by atoms with Crippen LogP contribution in [0.5, 0.6) is 0 Å². The number of hydrogen-bond donors (Lipinski definition) is 2. The van der Waals surface area contributed by atoms with Crippen molar-refractivity contribution in [2.75, 3.05) is 30.3 Å². The molecule has 1 saturated heterocycles. The summed E-state index contributed by atoms with van der Waals surface area (Å²) in [4.78, 5) is 44.9. The van der Waals surface area contributed by atoms with E-state index >= 15 is 0 Å². The molecule has 1 aromatic rings. The van der Waals surface area contributed by atoms with Crippen molar-refractivity contribution in [1.82, 2.24) is 14.5 Å². The molecule has 1 aromatic heterocycles. The summed E-state index contributed by atoms with van der Waals surface area (Å²) in [6, 6.07) is -0.0345. The normalized spacial score (nSPS) is 18.8. The van der Waals surface area contributed by atoms with Gasteiger partial charge in [0.05, 0.1) is 6.54 Å². The Kier molecular flexibility index (Phi) is 8.13. The van der Waals surface area contributed by atoms with Gasteiger partial charge in [-0.2, -0.15) is 0 Å². The number of hydrogen-bond acceptors (Lipinski definition) is 5. The minimum atomic E-state index is -0.557. The smallest absolute Gasteiger partial charge is 0.330 e. The van der Waals surface area contributed by atoms with Crippen molar-refractivity contribution in [3.8, 4) is 0 Å². The third-order valence-electron chi connectivity index (χ3n) is 6.46. The zero-order valence-corrected chi connectivity index (χ0v) is 18.3. The van der Waals surface area contributed by atoms with Crippen molar-refractivity contribution in [3.05, 3.63) is 20.8 Å². The molecule has 0 atom stereocenters. The van der Waals surface area contributed by atoms with E-state index in [1.165, 1.54) is 23.8 Å². The second-order valence-corrected chi connectivity index (χ2v) is 8.74. The maximum absolute atomic E-state index is 13.5.